The smallest absolute Gasteiger partial charge is 0.353 e. The van der Waals surface area contributed by atoms with Gasteiger partial charge >= 0.3 is 5.97 Å². The molecule has 2 aliphatic heterocycles. The third-order valence-electron chi connectivity index (χ3n) is 4.50. The predicted octanol–water partition coefficient (Wildman–Crippen LogP) is -0.470. The minimum absolute atomic E-state index is 0.0649. The number of H-pyrrole nitrogens is 1. The van der Waals surface area contributed by atoms with Gasteiger partial charge < -0.3 is 26.1 Å². The number of aliphatic carboxylic acids is 1. The highest BCUT2D eigenvalue weighted by atomic mass is 32.2. The number of amides is 2. The van der Waals surface area contributed by atoms with Gasteiger partial charge in [-0.05, 0) is 0 Å². The van der Waals surface area contributed by atoms with E-state index in [1.165, 1.54) is 35.1 Å². The number of hydrogen-bond acceptors (Lipinski definition) is 13. The second kappa shape index (κ2) is 9.67. The van der Waals surface area contributed by atoms with Crippen molar-refractivity contribution in [2.75, 3.05) is 23.8 Å². The minimum Gasteiger partial charge on any atom is -0.477 e. The zero-order chi connectivity index (χ0) is 23.5. The third-order valence-corrected chi connectivity index (χ3v) is 7.70. The minimum atomic E-state index is -1.24. The Labute approximate surface area is 197 Å². The molecule has 1 saturated heterocycles. The highest BCUT2D eigenvalue weighted by molar-refractivity contribution is 8.06. The molecule has 2 amide bonds. The van der Waals surface area contributed by atoms with E-state index in [1.54, 1.807) is 0 Å². The molecule has 4 heterocycles. The van der Waals surface area contributed by atoms with E-state index in [-0.39, 0.29) is 23.1 Å². The number of carboxylic acid groups (broad SMARTS) is 1. The highest BCUT2D eigenvalue weighted by Crippen LogP contribution is 2.43. The SMILES string of the molecule is Nc1nc(/C(=N/O)C(=O)N[C@@H]2C(=O)N3C(C(=O)O)=C(SCCOc4cn[nH]n4)CS[C@H]23)cs1. The van der Waals surface area contributed by atoms with Crippen LogP contribution < -0.4 is 15.8 Å². The molecular weight excluding hydrogens is 496 g/mol. The first-order valence-corrected chi connectivity index (χ1v) is 12.1. The molecule has 0 aliphatic carbocycles. The Hall–Kier alpha value is -3.31. The number of thiazole rings is 1. The first-order chi connectivity index (χ1) is 15.9. The summed E-state index contributed by atoms with van der Waals surface area (Å²) in [6.07, 6.45) is 1.41. The molecule has 2 atom stereocenters. The molecule has 0 aromatic carbocycles. The van der Waals surface area contributed by atoms with Gasteiger partial charge in [0.25, 0.3) is 17.7 Å². The second-order valence-corrected chi connectivity index (χ2v) is 9.65. The number of fused-ring (bicyclic) bond motifs is 1. The molecule has 0 unspecified atom stereocenters. The number of carboxylic acids is 1. The van der Waals surface area contributed by atoms with Gasteiger partial charge in [0.05, 0.1) is 6.61 Å². The number of nitrogens with two attached hydrogens (primary N) is 1. The zero-order valence-electron chi connectivity index (χ0n) is 16.5. The Kier molecular flexibility index (Phi) is 6.70. The fraction of sp³-hybridized carbons (Fsp3) is 0.312. The lowest BCUT2D eigenvalue weighted by Crippen LogP contribution is -2.71. The molecule has 2 aliphatic rings. The van der Waals surface area contributed by atoms with E-state index in [1.807, 2.05) is 0 Å². The van der Waals surface area contributed by atoms with Gasteiger partial charge in [0.15, 0.2) is 10.8 Å². The molecule has 2 aromatic heterocycles. The first-order valence-electron chi connectivity index (χ1n) is 9.17. The molecule has 2 aromatic rings. The first kappa shape index (κ1) is 22.9. The van der Waals surface area contributed by atoms with Crippen molar-refractivity contribution in [3.05, 3.63) is 27.9 Å². The van der Waals surface area contributed by atoms with Crippen LogP contribution in [-0.2, 0) is 14.4 Å². The third kappa shape index (κ3) is 4.60. The number of thioether (sulfide) groups is 2. The number of β-lactam (4-membered cyclic amide) rings is 1. The number of hydrogen-bond donors (Lipinski definition) is 5. The lowest BCUT2D eigenvalue weighted by atomic mass is 10.0. The summed E-state index contributed by atoms with van der Waals surface area (Å²) in [6, 6.07) is -0.980. The van der Waals surface area contributed by atoms with E-state index >= 15 is 0 Å². The average molecular weight is 513 g/mol. The lowest BCUT2D eigenvalue weighted by molar-refractivity contribution is -0.150. The predicted molar refractivity (Wildman–Crippen MR) is 119 cm³/mol. The number of aromatic nitrogens is 4. The van der Waals surface area contributed by atoms with Crippen LogP contribution in [-0.4, -0.2) is 88.6 Å². The number of carbonyl (C=O) groups excluding carboxylic acids is 2. The van der Waals surface area contributed by atoms with Crippen molar-refractivity contribution < 1.29 is 29.4 Å². The molecule has 0 saturated carbocycles. The number of aromatic amines is 1. The summed E-state index contributed by atoms with van der Waals surface area (Å²) in [7, 11) is 0. The van der Waals surface area contributed by atoms with Crippen molar-refractivity contribution in [2.45, 2.75) is 11.4 Å². The Morgan fingerprint density at radius 3 is 2.94 bits per heavy atom. The van der Waals surface area contributed by atoms with Crippen molar-refractivity contribution in [3.8, 4) is 5.88 Å². The summed E-state index contributed by atoms with van der Waals surface area (Å²) in [6.45, 7) is 0.263. The molecule has 0 bridgehead atoms. The molecule has 4 rings (SSSR count). The molecule has 14 nitrogen and oxygen atoms in total. The van der Waals surface area contributed by atoms with E-state index in [9.17, 15) is 24.7 Å². The maximum atomic E-state index is 12.7. The maximum absolute atomic E-state index is 12.7. The standard InChI is InChI=1S/C16H16N8O6S3/c17-16-19-6(4-33-16)9(22-29)12(25)20-10-13(26)24-11(15(27)28)7(5-32-14(10)24)31-2-1-30-8-3-18-23-21-8/h3-4,10,14,29H,1-2,5H2,(H2,17,19)(H,20,25)(H,27,28)(H,18,21,23)/b22-9-/t10-,14-/m1/s1. The van der Waals surface area contributed by atoms with Crippen LogP contribution in [0, 0.1) is 0 Å². The summed E-state index contributed by atoms with van der Waals surface area (Å²) in [4.78, 5) is 42.7. The van der Waals surface area contributed by atoms with Gasteiger partial charge in [0, 0.05) is 21.8 Å². The largest absolute Gasteiger partial charge is 0.477 e. The monoisotopic (exact) mass is 512 g/mol. The van der Waals surface area contributed by atoms with E-state index in [0.29, 0.717) is 22.3 Å². The van der Waals surface area contributed by atoms with Crippen LogP contribution in [0.2, 0.25) is 0 Å². The lowest BCUT2D eigenvalue weighted by Gasteiger charge is -2.49. The van der Waals surface area contributed by atoms with Crippen LogP contribution >= 0.6 is 34.9 Å². The Balaban J connectivity index is 1.40. The van der Waals surface area contributed by atoms with E-state index in [4.69, 9.17) is 10.5 Å². The number of rotatable bonds is 9. The second-order valence-electron chi connectivity index (χ2n) is 6.46. The Morgan fingerprint density at radius 2 is 2.30 bits per heavy atom. The molecule has 0 spiro atoms. The van der Waals surface area contributed by atoms with Gasteiger partial charge in [0.1, 0.15) is 29.0 Å². The van der Waals surface area contributed by atoms with Gasteiger partial charge in [0.2, 0.25) is 0 Å². The molecule has 174 valence electrons. The summed E-state index contributed by atoms with van der Waals surface area (Å²) < 4.78 is 5.37. The fourth-order valence-electron chi connectivity index (χ4n) is 3.09. The fourth-order valence-corrected chi connectivity index (χ4v) is 6.11. The summed E-state index contributed by atoms with van der Waals surface area (Å²) >= 11 is 3.64. The Bertz CT molecular complexity index is 1130. The normalized spacial score (nSPS) is 20.3. The number of ether oxygens (including phenoxy) is 1. The average Bonchev–Trinajstić information content (AvgIpc) is 3.46. The molecule has 6 N–H and O–H groups in total. The van der Waals surface area contributed by atoms with Crippen LogP contribution in [0.5, 0.6) is 5.88 Å². The van der Waals surface area contributed by atoms with E-state index in [0.717, 1.165) is 16.2 Å². The topological polar surface area (TPSA) is 209 Å². The van der Waals surface area contributed by atoms with Gasteiger partial charge in [-0.3, -0.25) is 14.5 Å². The van der Waals surface area contributed by atoms with Crippen LogP contribution in [0.15, 0.2) is 27.3 Å². The van der Waals surface area contributed by atoms with Crippen molar-refractivity contribution in [1.29, 1.82) is 0 Å². The quantitative estimate of drug-likeness (QED) is 0.0949. The van der Waals surface area contributed by atoms with Crippen LogP contribution in [0.1, 0.15) is 5.69 Å². The molecule has 33 heavy (non-hydrogen) atoms. The Morgan fingerprint density at radius 1 is 1.48 bits per heavy atom. The van der Waals surface area contributed by atoms with Crippen LogP contribution in [0.3, 0.4) is 0 Å². The van der Waals surface area contributed by atoms with Gasteiger partial charge in [-0.1, -0.05) is 5.16 Å². The number of oxime groups is 1. The van der Waals surface area contributed by atoms with Crippen LogP contribution in [0.25, 0.3) is 0 Å². The molecular formula is C16H16N8O6S3. The summed E-state index contributed by atoms with van der Waals surface area (Å²) in [5.41, 5.74) is 5.09. The molecule has 0 radical (unpaired) electrons. The highest BCUT2D eigenvalue weighted by Gasteiger charge is 2.54. The van der Waals surface area contributed by atoms with Crippen molar-refractivity contribution in [2.24, 2.45) is 5.16 Å². The van der Waals surface area contributed by atoms with E-state index < -0.39 is 34.9 Å². The summed E-state index contributed by atoms with van der Waals surface area (Å²) in [5, 5.41) is 35.2. The molecule has 1 fully saturated rings. The van der Waals surface area contributed by atoms with Crippen molar-refractivity contribution >= 4 is 63.5 Å². The number of carbonyl (C=O) groups is 3. The number of nitrogens with zero attached hydrogens (tertiary/aromatic N) is 5. The van der Waals surface area contributed by atoms with Gasteiger partial charge in [-0.25, -0.2) is 9.78 Å². The van der Waals surface area contributed by atoms with Crippen molar-refractivity contribution in [3.63, 3.8) is 0 Å². The van der Waals surface area contributed by atoms with Crippen molar-refractivity contribution in [1.82, 2.24) is 30.6 Å². The van der Waals surface area contributed by atoms with Crippen LogP contribution in [0.4, 0.5) is 5.13 Å². The molecule has 17 heteroatoms. The number of nitrogens with one attached hydrogen (secondary N) is 2. The van der Waals surface area contributed by atoms with Gasteiger partial charge in [-0.2, -0.15) is 10.3 Å². The van der Waals surface area contributed by atoms with Gasteiger partial charge in [-0.15, -0.1) is 40.0 Å². The zero-order valence-corrected chi connectivity index (χ0v) is 18.9. The number of anilines is 1. The number of nitrogen functional groups attached to an aromatic ring is 1. The summed E-state index contributed by atoms with van der Waals surface area (Å²) in [5.74, 6) is -1.56. The maximum Gasteiger partial charge on any atom is 0.353 e. The van der Waals surface area contributed by atoms with E-state index in [2.05, 4.69) is 30.9 Å².